The molecule has 0 aliphatic carbocycles. The molecule has 0 aromatic heterocycles. The summed E-state index contributed by atoms with van der Waals surface area (Å²) in [7, 11) is -0.818. The molecule has 2 heteroatoms. The third-order valence-corrected chi connectivity index (χ3v) is 6.62. The Hall–Kier alpha value is 0.507. The van der Waals surface area contributed by atoms with Gasteiger partial charge in [0.1, 0.15) is 8.11 Å². The molecule has 0 N–H and O–H groups in total. The first-order chi connectivity index (χ1) is 7.81. The molecule has 16 heavy (non-hydrogen) atoms. The largest absolute Gasteiger partial charge is 0.172 e. The molecule has 0 aliphatic heterocycles. The van der Waals surface area contributed by atoms with Gasteiger partial charge in [-0.25, -0.2) is 0 Å². The second-order valence-corrected chi connectivity index (χ2v) is 9.20. The van der Waals surface area contributed by atoms with E-state index in [4.69, 9.17) is 11.1 Å². The predicted molar refractivity (Wildman–Crippen MR) is 80.1 cm³/mol. The Bertz CT molecular complexity index is 128. The van der Waals surface area contributed by atoms with Gasteiger partial charge in [-0.1, -0.05) is 78.1 Å². The van der Waals surface area contributed by atoms with Crippen LogP contribution in [0.2, 0.25) is 12.1 Å². The van der Waals surface area contributed by atoms with Gasteiger partial charge in [0.25, 0.3) is 0 Å². The smallest absolute Gasteiger partial charge is 0.141 e. The van der Waals surface area contributed by atoms with Crippen LogP contribution in [0.3, 0.4) is 0 Å². The SMILES string of the molecule is CCCCCCCCCC[SiH](Cl)CCCC. The van der Waals surface area contributed by atoms with Crippen molar-refractivity contribution in [3.63, 3.8) is 0 Å². The Kier molecular flexibility index (Phi) is 14.0. The number of hydrogen-bond donors (Lipinski definition) is 0. The lowest BCUT2D eigenvalue weighted by atomic mass is 10.1. The third kappa shape index (κ3) is 12.6. The van der Waals surface area contributed by atoms with Crippen molar-refractivity contribution in [2.45, 2.75) is 90.1 Å². The van der Waals surface area contributed by atoms with Gasteiger partial charge >= 0.3 is 0 Å². The minimum Gasteiger partial charge on any atom is -0.172 e. The number of halogens is 1. The van der Waals surface area contributed by atoms with E-state index in [1.807, 2.05) is 0 Å². The summed E-state index contributed by atoms with van der Waals surface area (Å²) in [6, 6.07) is 2.73. The molecule has 0 heterocycles. The standard InChI is InChI=1S/C14H31ClSi/c1-3-5-7-8-9-10-11-12-14-16(15)13-6-4-2/h16H,3-14H2,1-2H3. The highest BCUT2D eigenvalue weighted by Gasteiger charge is 2.05. The molecule has 0 bridgehead atoms. The summed E-state index contributed by atoms with van der Waals surface area (Å²) in [6.45, 7) is 4.54. The lowest BCUT2D eigenvalue weighted by Gasteiger charge is -2.06. The Morgan fingerprint density at radius 1 is 0.625 bits per heavy atom. The van der Waals surface area contributed by atoms with Crippen LogP contribution in [0, 0.1) is 0 Å². The predicted octanol–water partition coefficient (Wildman–Crippen LogP) is 5.89. The van der Waals surface area contributed by atoms with Crippen LogP contribution in [-0.2, 0) is 0 Å². The van der Waals surface area contributed by atoms with E-state index in [9.17, 15) is 0 Å². The van der Waals surface area contributed by atoms with E-state index in [1.165, 1.54) is 76.3 Å². The molecule has 1 unspecified atom stereocenters. The van der Waals surface area contributed by atoms with E-state index in [2.05, 4.69) is 13.8 Å². The number of rotatable bonds is 12. The van der Waals surface area contributed by atoms with Crippen molar-refractivity contribution in [1.82, 2.24) is 0 Å². The molecule has 1 atom stereocenters. The molecule has 0 fully saturated rings. The van der Waals surface area contributed by atoms with Crippen molar-refractivity contribution >= 4 is 19.2 Å². The van der Waals surface area contributed by atoms with Crippen LogP contribution in [0.1, 0.15) is 78.1 Å². The number of hydrogen-bond acceptors (Lipinski definition) is 0. The molecule has 0 radical (unpaired) electrons. The van der Waals surface area contributed by atoms with Crippen LogP contribution in [0.25, 0.3) is 0 Å². The summed E-state index contributed by atoms with van der Waals surface area (Å²) in [4.78, 5) is 0. The maximum Gasteiger partial charge on any atom is 0.141 e. The summed E-state index contributed by atoms with van der Waals surface area (Å²) in [5.41, 5.74) is 0. The van der Waals surface area contributed by atoms with E-state index in [0.717, 1.165) is 0 Å². The molecular weight excluding hydrogens is 232 g/mol. The second-order valence-electron chi connectivity index (χ2n) is 5.00. The van der Waals surface area contributed by atoms with Crippen molar-refractivity contribution in [2.24, 2.45) is 0 Å². The summed E-state index contributed by atoms with van der Waals surface area (Å²) < 4.78 is 0. The maximum absolute atomic E-state index is 6.38. The molecule has 0 aromatic carbocycles. The molecule has 0 saturated heterocycles. The average molecular weight is 263 g/mol. The van der Waals surface area contributed by atoms with E-state index >= 15 is 0 Å². The molecule has 0 aliphatic rings. The Morgan fingerprint density at radius 3 is 1.62 bits per heavy atom. The van der Waals surface area contributed by atoms with Gasteiger partial charge in [0.15, 0.2) is 0 Å². The lowest BCUT2D eigenvalue weighted by molar-refractivity contribution is 0.584. The summed E-state index contributed by atoms with van der Waals surface area (Å²) >= 11 is 6.38. The highest BCUT2D eigenvalue weighted by atomic mass is 35.6. The van der Waals surface area contributed by atoms with Gasteiger partial charge in [-0.2, -0.15) is 11.1 Å². The second kappa shape index (κ2) is 13.6. The molecule has 0 spiro atoms. The minimum absolute atomic E-state index is 0.818. The molecule has 0 rings (SSSR count). The summed E-state index contributed by atoms with van der Waals surface area (Å²) in [6.07, 6.45) is 14.1. The van der Waals surface area contributed by atoms with E-state index < -0.39 is 8.11 Å². The van der Waals surface area contributed by atoms with Crippen LogP contribution in [-0.4, -0.2) is 8.11 Å². The van der Waals surface area contributed by atoms with Gasteiger partial charge in [0.2, 0.25) is 0 Å². The van der Waals surface area contributed by atoms with Gasteiger partial charge in [0.05, 0.1) is 0 Å². The Labute approximate surface area is 109 Å². The minimum atomic E-state index is -0.818. The zero-order chi connectivity index (χ0) is 12.1. The summed E-state index contributed by atoms with van der Waals surface area (Å²) in [5.74, 6) is 0. The highest BCUT2D eigenvalue weighted by Crippen LogP contribution is 2.15. The maximum atomic E-state index is 6.38. The average Bonchev–Trinajstić information content (AvgIpc) is 2.30. The number of unbranched alkanes of at least 4 members (excludes halogenated alkanes) is 8. The topological polar surface area (TPSA) is 0 Å². The zero-order valence-electron chi connectivity index (χ0n) is 11.4. The van der Waals surface area contributed by atoms with Crippen LogP contribution in [0.4, 0.5) is 0 Å². The monoisotopic (exact) mass is 262 g/mol. The molecule has 0 saturated carbocycles. The van der Waals surface area contributed by atoms with Crippen LogP contribution in [0.5, 0.6) is 0 Å². The first-order valence-electron chi connectivity index (χ1n) is 7.45. The van der Waals surface area contributed by atoms with Crippen molar-refractivity contribution in [2.75, 3.05) is 0 Å². The van der Waals surface area contributed by atoms with Gasteiger partial charge in [-0.3, -0.25) is 0 Å². The molecule has 0 amide bonds. The van der Waals surface area contributed by atoms with Crippen molar-refractivity contribution in [1.29, 1.82) is 0 Å². The van der Waals surface area contributed by atoms with Crippen LogP contribution < -0.4 is 0 Å². The van der Waals surface area contributed by atoms with E-state index in [0.29, 0.717) is 0 Å². The molecule has 0 aromatic rings. The quantitative estimate of drug-likeness (QED) is 0.234. The Balaban J connectivity index is 3.02. The first kappa shape index (κ1) is 16.5. The molecular formula is C14H31ClSi. The van der Waals surface area contributed by atoms with Gasteiger partial charge in [0, 0.05) is 0 Å². The van der Waals surface area contributed by atoms with Gasteiger partial charge < -0.3 is 0 Å². The fourth-order valence-electron chi connectivity index (χ4n) is 2.07. The normalized spacial score (nSPS) is 12.9. The van der Waals surface area contributed by atoms with Crippen LogP contribution >= 0.6 is 11.1 Å². The van der Waals surface area contributed by atoms with Gasteiger partial charge in [-0.05, 0) is 12.1 Å². The first-order valence-corrected chi connectivity index (χ1v) is 10.8. The zero-order valence-corrected chi connectivity index (χ0v) is 13.4. The summed E-state index contributed by atoms with van der Waals surface area (Å²) in [5, 5.41) is 0. The van der Waals surface area contributed by atoms with Crippen molar-refractivity contribution < 1.29 is 0 Å². The highest BCUT2D eigenvalue weighted by molar-refractivity contribution is 7.06. The van der Waals surface area contributed by atoms with E-state index in [1.54, 1.807) is 0 Å². The fourth-order valence-corrected chi connectivity index (χ4v) is 4.87. The molecule has 98 valence electrons. The third-order valence-electron chi connectivity index (χ3n) is 3.24. The van der Waals surface area contributed by atoms with Crippen molar-refractivity contribution in [3.05, 3.63) is 0 Å². The van der Waals surface area contributed by atoms with Crippen LogP contribution in [0.15, 0.2) is 0 Å². The molecule has 0 nitrogen and oxygen atoms in total. The van der Waals surface area contributed by atoms with Gasteiger partial charge in [-0.15, -0.1) is 0 Å². The lowest BCUT2D eigenvalue weighted by Crippen LogP contribution is -2.02. The van der Waals surface area contributed by atoms with Crippen molar-refractivity contribution in [3.8, 4) is 0 Å². The Morgan fingerprint density at radius 2 is 1.06 bits per heavy atom. The fraction of sp³-hybridized carbons (Fsp3) is 1.00. The van der Waals surface area contributed by atoms with E-state index in [-0.39, 0.29) is 0 Å².